The Labute approximate surface area is 125 Å². The SMILES string of the molecule is Clc1ccc(Nc2ncncc2I)c(I)c1. The van der Waals surface area contributed by atoms with Gasteiger partial charge in [-0.25, -0.2) is 9.97 Å². The zero-order chi connectivity index (χ0) is 11.5. The first-order valence-electron chi connectivity index (χ1n) is 4.34. The van der Waals surface area contributed by atoms with Crippen LogP contribution in [-0.2, 0) is 0 Å². The molecular formula is C10H6ClI2N3. The number of hydrogen-bond donors (Lipinski definition) is 1. The van der Waals surface area contributed by atoms with Crippen molar-refractivity contribution in [3.05, 3.63) is 42.9 Å². The number of nitrogens with one attached hydrogen (secondary N) is 1. The Hall–Kier alpha value is -0.150. The number of rotatable bonds is 2. The molecule has 0 amide bonds. The van der Waals surface area contributed by atoms with Gasteiger partial charge in [-0.2, -0.15) is 0 Å². The highest BCUT2D eigenvalue weighted by atomic mass is 127. The second-order valence-corrected chi connectivity index (χ2v) is 5.73. The molecule has 0 radical (unpaired) electrons. The Morgan fingerprint density at radius 3 is 2.69 bits per heavy atom. The molecule has 3 nitrogen and oxygen atoms in total. The largest absolute Gasteiger partial charge is 0.338 e. The van der Waals surface area contributed by atoms with E-state index in [0.29, 0.717) is 0 Å². The van der Waals surface area contributed by atoms with Crippen LogP contribution in [0.2, 0.25) is 5.02 Å². The van der Waals surface area contributed by atoms with Gasteiger partial charge in [-0.15, -0.1) is 0 Å². The maximum Gasteiger partial charge on any atom is 0.147 e. The summed E-state index contributed by atoms with van der Waals surface area (Å²) in [6, 6.07) is 5.68. The van der Waals surface area contributed by atoms with Gasteiger partial charge < -0.3 is 5.32 Å². The number of hydrogen-bond acceptors (Lipinski definition) is 3. The summed E-state index contributed by atoms with van der Waals surface area (Å²) in [6.07, 6.45) is 3.28. The second kappa shape index (κ2) is 5.46. The molecule has 0 fully saturated rings. The molecule has 0 aliphatic rings. The van der Waals surface area contributed by atoms with E-state index in [1.54, 1.807) is 6.20 Å². The van der Waals surface area contributed by atoms with Crippen molar-refractivity contribution < 1.29 is 0 Å². The van der Waals surface area contributed by atoms with E-state index in [9.17, 15) is 0 Å². The minimum absolute atomic E-state index is 0.729. The minimum Gasteiger partial charge on any atom is -0.338 e. The van der Waals surface area contributed by atoms with Crippen molar-refractivity contribution in [2.24, 2.45) is 0 Å². The van der Waals surface area contributed by atoms with Crippen LogP contribution in [0, 0.1) is 7.14 Å². The van der Waals surface area contributed by atoms with E-state index < -0.39 is 0 Å². The maximum absolute atomic E-state index is 5.89. The van der Waals surface area contributed by atoms with Crippen molar-refractivity contribution in [2.45, 2.75) is 0 Å². The van der Waals surface area contributed by atoms with E-state index in [-0.39, 0.29) is 0 Å². The Balaban J connectivity index is 2.31. The van der Waals surface area contributed by atoms with Gasteiger partial charge in [0.2, 0.25) is 0 Å². The maximum atomic E-state index is 5.89. The van der Waals surface area contributed by atoms with Crippen molar-refractivity contribution in [3.8, 4) is 0 Å². The van der Waals surface area contributed by atoms with Crippen LogP contribution >= 0.6 is 56.8 Å². The van der Waals surface area contributed by atoms with Crippen molar-refractivity contribution in [2.75, 3.05) is 5.32 Å². The highest BCUT2D eigenvalue weighted by molar-refractivity contribution is 14.1. The third-order valence-corrected chi connectivity index (χ3v) is 3.77. The molecule has 1 heterocycles. The van der Waals surface area contributed by atoms with E-state index in [1.165, 1.54) is 6.33 Å². The lowest BCUT2D eigenvalue weighted by atomic mass is 10.3. The minimum atomic E-state index is 0.729. The van der Waals surface area contributed by atoms with Gasteiger partial charge in [0.15, 0.2) is 0 Å². The predicted molar refractivity (Wildman–Crippen MR) is 82.2 cm³/mol. The number of nitrogens with zero attached hydrogens (tertiary/aromatic N) is 2. The van der Waals surface area contributed by atoms with Crippen LogP contribution in [0.5, 0.6) is 0 Å². The van der Waals surface area contributed by atoms with Gasteiger partial charge in [-0.1, -0.05) is 11.6 Å². The van der Waals surface area contributed by atoms with Crippen LogP contribution in [0.3, 0.4) is 0 Å². The molecule has 2 rings (SSSR count). The Morgan fingerprint density at radius 2 is 2.00 bits per heavy atom. The van der Waals surface area contributed by atoms with Crippen LogP contribution in [-0.4, -0.2) is 9.97 Å². The fourth-order valence-corrected chi connectivity index (χ4v) is 2.56. The van der Waals surface area contributed by atoms with Gasteiger partial charge in [-0.3, -0.25) is 0 Å². The van der Waals surface area contributed by atoms with Crippen molar-refractivity contribution in [1.29, 1.82) is 0 Å². The first-order valence-corrected chi connectivity index (χ1v) is 6.88. The summed E-state index contributed by atoms with van der Waals surface area (Å²) in [5, 5.41) is 3.97. The lowest BCUT2D eigenvalue weighted by molar-refractivity contribution is 1.15. The van der Waals surface area contributed by atoms with Crippen LogP contribution in [0.15, 0.2) is 30.7 Å². The molecule has 0 aliphatic carbocycles. The van der Waals surface area contributed by atoms with Crippen molar-refractivity contribution >= 4 is 68.3 Å². The van der Waals surface area contributed by atoms with Crippen LogP contribution in [0.4, 0.5) is 11.5 Å². The Bertz CT molecular complexity index is 519. The molecule has 1 aromatic carbocycles. The molecule has 16 heavy (non-hydrogen) atoms. The fraction of sp³-hybridized carbons (Fsp3) is 0. The number of halogens is 3. The van der Waals surface area contributed by atoms with E-state index in [4.69, 9.17) is 11.6 Å². The molecule has 0 spiro atoms. The lowest BCUT2D eigenvalue weighted by Crippen LogP contribution is -1.98. The van der Waals surface area contributed by atoms with Gasteiger partial charge in [0.25, 0.3) is 0 Å². The third kappa shape index (κ3) is 2.95. The molecule has 0 aliphatic heterocycles. The summed E-state index contributed by atoms with van der Waals surface area (Å²) in [7, 11) is 0. The van der Waals surface area contributed by atoms with Crippen molar-refractivity contribution in [3.63, 3.8) is 0 Å². The van der Waals surface area contributed by atoms with Crippen molar-refractivity contribution in [1.82, 2.24) is 9.97 Å². The highest BCUT2D eigenvalue weighted by Gasteiger charge is 2.04. The Kier molecular flexibility index (Phi) is 4.20. The summed E-state index contributed by atoms with van der Waals surface area (Å²) < 4.78 is 2.03. The van der Waals surface area contributed by atoms with Gasteiger partial charge in [0.05, 0.1) is 9.26 Å². The number of anilines is 2. The third-order valence-electron chi connectivity index (χ3n) is 1.85. The molecular weight excluding hydrogens is 451 g/mol. The van der Waals surface area contributed by atoms with Crippen LogP contribution in [0.25, 0.3) is 0 Å². The summed E-state index contributed by atoms with van der Waals surface area (Å²) in [5.41, 5.74) is 0.988. The molecule has 0 saturated heterocycles. The molecule has 1 aromatic heterocycles. The quantitative estimate of drug-likeness (QED) is 0.691. The smallest absolute Gasteiger partial charge is 0.147 e. The van der Waals surface area contributed by atoms with E-state index in [2.05, 4.69) is 60.5 Å². The molecule has 2 aromatic rings. The molecule has 0 saturated carbocycles. The fourth-order valence-electron chi connectivity index (χ4n) is 1.12. The van der Waals surface area contributed by atoms with Gasteiger partial charge in [0, 0.05) is 14.8 Å². The Morgan fingerprint density at radius 1 is 1.19 bits per heavy atom. The van der Waals surface area contributed by atoms with Gasteiger partial charge >= 0.3 is 0 Å². The first kappa shape index (κ1) is 12.3. The average molecular weight is 457 g/mol. The summed E-state index contributed by atoms with van der Waals surface area (Å²) in [6.45, 7) is 0. The predicted octanol–water partition coefficient (Wildman–Crippen LogP) is 4.08. The average Bonchev–Trinajstić information content (AvgIpc) is 2.25. The molecule has 0 atom stereocenters. The zero-order valence-corrected chi connectivity index (χ0v) is 13.0. The summed E-state index contributed by atoms with van der Waals surface area (Å²) >= 11 is 10.3. The molecule has 82 valence electrons. The summed E-state index contributed by atoms with van der Waals surface area (Å²) in [5.74, 6) is 0.802. The van der Waals surface area contributed by atoms with E-state index >= 15 is 0 Å². The molecule has 6 heteroatoms. The normalized spacial score (nSPS) is 10.2. The van der Waals surface area contributed by atoms with Gasteiger partial charge in [0.1, 0.15) is 12.1 Å². The van der Waals surface area contributed by atoms with E-state index in [1.807, 2.05) is 18.2 Å². The second-order valence-electron chi connectivity index (χ2n) is 2.97. The number of aromatic nitrogens is 2. The summed E-state index contributed by atoms with van der Waals surface area (Å²) in [4.78, 5) is 8.11. The molecule has 0 unspecified atom stereocenters. The molecule has 1 N–H and O–H groups in total. The topological polar surface area (TPSA) is 37.8 Å². The monoisotopic (exact) mass is 457 g/mol. The van der Waals surface area contributed by atoms with E-state index in [0.717, 1.165) is 23.7 Å². The number of benzene rings is 1. The van der Waals surface area contributed by atoms with Gasteiger partial charge in [-0.05, 0) is 63.4 Å². The van der Waals surface area contributed by atoms with Crippen LogP contribution < -0.4 is 5.32 Å². The molecule has 0 bridgehead atoms. The zero-order valence-electron chi connectivity index (χ0n) is 7.92. The standard InChI is InChI=1S/C10H6ClI2N3/c11-6-1-2-9(7(12)3-6)16-10-8(13)4-14-5-15-10/h1-5H,(H,14,15,16). The lowest BCUT2D eigenvalue weighted by Gasteiger charge is -2.08. The van der Waals surface area contributed by atoms with Crippen LogP contribution in [0.1, 0.15) is 0 Å². The first-order chi connectivity index (χ1) is 7.66. The highest BCUT2D eigenvalue weighted by Crippen LogP contribution is 2.26.